The van der Waals surface area contributed by atoms with E-state index in [1.165, 1.54) is 11.3 Å². The van der Waals surface area contributed by atoms with E-state index in [1.807, 2.05) is 24.4 Å². The van der Waals surface area contributed by atoms with Crippen LogP contribution in [0.15, 0.2) is 24.4 Å². The van der Waals surface area contributed by atoms with Crippen LogP contribution in [0.4, 0.5) is 0 Å². The first kappa shape index (κ1) is 16.7. The molecule has 0 N–H and O–H groups in total. The van der Waals surface area contributed by atoms with Crippen molar-refractivity contribution >= 4 is 23.2 Å². The molecule has 0 bridgehead atoms. The fourth-order valence-corrected chi connectivity index (χ4v) is 3.29. The van der Waals surface area contributed by atoms with Crippen molar-refractivity contribution in [1.82, 2.24) is 14.9 Å². The summed E-state index contributed by atoms with van der Waals surface area (Å²) in [5.41, 5.74) is 3.35. The Kier molecular flexibility index (Phi) is 4.63. The molecule has 23 heavy (non-hydrogen) atoms. The third-order valence-electron chi connectivity index (χ3n) is 4.13. The zero-order chi connectivity index (χ0) is 16.6. The van der Waals surface area contributed by atoms with Crippen LogP contribution in [0.5, 0.6) is 0 Å². The van der Waals surface area contributed by atoms with Crippen molar-refractivity contribution in [2.45, 2.75) is 45.7 Å². The van der Waals surface area contributed by atoms with Gasteiger partial charge in [0.1, 0.15) is 5.82 Å². The third kappa shape index (κ3) is 3.68. The molecule has 1 aliphatic heterocycles. The van der Waals surface area contributed by atoms with Crippen LogP contribution in [0.2, 0.25) is 10.0 Å². The lowest BCUT2D eigenvalue weighted by Crippen LogP contribution is -2.32. The van der Waals surface area contributed by atoms with Gasteiger partial charge >= 0.3 is 0 Å². The summed E-state index contributed by atoms with van der Waals surface area (Å²) in [6.45, 7) is 8.96. The lowest BCUT2D eigenvalue weighted by atomic mass is 9.95. The topological polar surface area (TPSA) is 29.0 Å². The average Bonchev–Trinajstić information content (AvgIpc) is 2.49. The van der Waals surface area contributed by atoms with Crippen LogP contribution in [0.25, 0.3) is 0 Å². The zero-order valence-electron chi connectivity index (χ0n) is 13.7. The first-order valence-electron chi connectivity index (χ1n) is 7.85. The van der Waals surface area contributed by atoms with E-state index in [-0.39, 0.29) is 5.41 Å². The lowest BCUT2D eigenvalue weighted by molar-refractivity contribution is 0.242. The van der Waals surface area contributed by atoms with Crippen molar-refractivity contribution < 1.29 is 0 Å². The van der Waals surface area contributed by atoms with Crippen LogP contribution in [-0.2, 0) is 24.9 Å². The molecule has 122 valence electrons. The van der Waals surface area contributed by atoms with Crippen molar-refractivity contribution in [2.75, 3.05) is 6.54 Å². The molecule has 3 nitrogen and oxygen atoms in total. The monoisotopic (exact) mass is 349 g/mol. The maximum absolute atomic E-state index is 6.28. The Morgan fingerprint density at radius 3 is 2.52 bits per heavy atom. The van der Waals surface area contributed by atoms with E-state index in [0.29, 0.717) is 0 Å². The zero-order valence-corrected chi connectivity index (χ0v) is 15.2. The second-order valence-corrected chi connectivity index (χ2v) is 7.89. The lowest BCUT2D eigenvalue weighted by Gasteiger charge is -2.29. The second kappa shape index (κ2) is 6.39. The van der Waals surface area contributed by atoms with Crippen molar-refractivity contribution in [3.8, 4) is 0 Å². The largest absolute Gasteiger partial charge is 0.294 e. The van der Waals surface area contributed by atoms with Crippen LogP contribution in [0.1, 0.15) is 43.4 Å². The van der Waals surface area contributed by atoms with E-state index >= 15 is 0 Å². The van der Waals surface area contributed by atoms with Gasteiger partial charge in [0.15, 0.2) is 0 Å². The molecule has 0 aliphatic carbocycles. The molecule has 1 aliphatic rings. The summed E-state index contributed by atoms with van der Waals surface area (Å²) in [5.74, 6) is 0.916. The highest BCUT2D eigenvalue weighted by Gasteiger charge is 2.23. The van der Waals surface area contributed by atoms with E-state index in [1.54, 1.807) is 0 Å². The van der Waals surface area contributed by atoms with Gasteiger partial charge in [-0.2, -0.15) is 0 Å². The number of benzene rings is 1. The molecule has 0 fully saturated rings. The number of hydrogen-bond acceptors (Lipinski definition) is 3. The molecule has 3 rings (SSSR count). The Morgan fingerprint density at radius 1 is 1.17 bits per heavy atom. The van der Waals surface area contributed by atoms with Crippen molar-refractivity contribution in [2.24, 2.45) is 0 Å². The maximum atomic E-state index is 6.28. The minimum absolute atomic E-state index is 0.0166. The Morgan fingerprint density at radius 2 is 1.87 bits per heavy atom. The van der Waals surface area contributed by atoms with Crippen LogP contribution in [0.3, 0.4) is 0 Å². The Labute approximate surface area is 147 Å². The van der Waals surface area contributed by atoms with Gasteiger partial charge in [-0.1, -0.05) is 50.0 Å². The minimum Gasteiger partial charge on any atom is -0.294 e. The number of hydrogen-bond donors (Lipinski definition) is 0. The van der Waals surface area contributed by atoms with E-state index < -0.39 is 0 Å². The number of halogens is 2. The van der Waals surface area contributed by atoms with Gasteiger partial charge in [0, 0.05) is 64.5 Å². The number of nitrogens with zero attached hydrogens (tertiary/aromatic N) is 3. The molecular weight excluding hydrogens is 329 g/mol. The smallest absolute Gasteiger partial charge is 0.133 e. The van der Waals surface area contributed by atoms with Crippen LogP contribution in [-0.4, -0.2) is 21.4 Å². The predicted molar refractivity (Wildman–Crippen MR) is 95.0 cm³/mol. The standard InChI is InChI=1S/C18H21Cl2N3/c1-18(2,3)17-21-9-12-10-23(8-7-16(12)22-17)11-13-14(19)5-4-6-15(13)20/h4-6,9H,7-8,10-11H2,1-3H3. The summed E-state index contributed by atoms with van der Waals surface area (Å²) >= 11 is 12.6. The molecule has 0 spiro atoms. The summed E-state index contributed by atoms with van der Waals surface area (Å²) in [5, 5.41) is 1.45. The Bertz CT molecular complexity index is 702. The van der Waals surface area contributed by atoms with Crippen LogP contribution >= 0.6 is 23.2 Å². The fraction of sp³-hybridized carbons (Fsp3) is 0.444. The summed E-state index contributed by atoms with van der Waals surface area (Å²) < 4.78 is 0. The number of fused-ring (bicyclic) bond motifs is 1. The second-order valence-electron chi connectivity index (χ2n) is 7.08. The van der Waals surface area contributed by atoms with Gasteiger partial charge < -0.3 is 0 Å². The summed E-state index contributed by atoms with van der Waals surface area (Å²) in [6.07, 6.45) is 2.91. The number of rotatable bonds is 2. The molecule has 0 radical (unpaired) electrons. The SMILES string of the molecule is CC(C)(C)c1ncc2c(n1)CCN(Cc1c(Cl)cccc1Cl)C2. The number of aromatic nitrogens is 2. The average molecular weight is 350 g/mol. The van der Waals surface area contributed by atoms with Crippen LogP contribution < -0.4 is 0 Å². The molecule has 1 aromatic heterocycles. The van der Waals surface area contributed by atoms with Gasteiger partial charge in [0.2, 0.25) is 0 Å². The molecule has 2 aromatic rings. The molecule has 0 saturated carbocycles. The van der Waals surface area contributed by atoms with E-state index in [2.05, 4.69) is 30.7 Å². The van der Waals surface area contributed by atoms with E-state index in [4.69, 9.17) is 28.2 Å². The quantitative estimate of drug-likeness (QED) is 0.790. The molecule has 2 heterocycles. The molecule has 0 unspecified atom stereocenters. The normalized spacial score (nSPS) is 15.5. The molecular formula is C18H21Cl2N3. The minimum atomic E-state index is -0.0166. The molecule has 1 aromatic carbocycles. The Balaban J connectivity index is 1.79. The molecule has 0 amide bonds. The summed E-state index contributed by atoms with van der Waals surface area (Å²) in [4.78, 5) is 11.7. The highest BCUT2D eigenvalue weighted by molar-refractivity contribution is 6.35. The third-order valence-corrected chi connectivity index (χ3v) is 4.84. The summed E-state index contributed by atoms with van der Waals surface area (Å²) in [6, 6.07) is 5.65. The highest BCUT2D eigenvalue weighted by atomic mass is 35.5. The fourth-order valence-electron chi connectivity index (χ4n) is 2.78. The first-order chi connectivity index (χ1) is 10.8. The first-order valence-corrected chi connectivity index (χ1v) is 8.60. The molecule has 0 atom stereocenters. The van der Waals surface area contributed by atoms with Crippen molar-refractivity contribution in [3.63, 3.8) is 0 Å². The maximum Gasteiger partial charge on any atom is 0.133 e. The van der Waals surface area contributed by atoms with Gasteiger partial charge in [-0.25, -0.2) is 9.97 Å². The van der Waals surface area contributed by atoms with Gasteiger partial charge in [0.05, 0.1) is 0 Å². The van der Waals surface area contributed by atoms with Gasteiger partial charge in [0.25, 0.3) is 0 Å². The molecule has 0 saturated heterocycles. The van der Waals surface area contributed by atoms with Crippen molar-refractivity contribution in [3.05, 3.63) is 57.1 Å². The van der Waals surface area contributed by atoms with Gasteiger partial charge in [-0.15, -0.1) is 0 Å². The van der Waals surface area contributed by atoms with E-state index in [9.17, 15) is 0 Å². The highest BCUT2D eigenvalue weighted by Crippen LogP contribution is 2.28. The van der Waals surface area contributed by atoms with Gasteiger partial charge in [-0.3, -0.25) is 4.90 Å². The van der Waals surface area contributed by atoms with Crippen molar-refractivity contribution in [1.29, 1.82) is 0 Å². The van der Waals surface area contributed by atoms with E-state index in [0.717, 1.165) is 47.5 Å². The predicted octanol–water partition coefficient (Wildman–Crippen LogP) is 4.64. The van der Waals surface area contributed by atoms with Crippen LogP contribution in [0, 0.1) is 0 Å². The molecule has 5 heteroatoms. The van der Waals surface area contributed by atoms with Gasteiger partial charge in [-0.05, 0) is 12.1 Å². The Hall–Kier alpha value is -1.16. The summed E-state index contributed by atoms with van der Waals surface area (Å²) in [7, 11) is 0.